The van der Waals surface area contributed by atoms with Gasteiger partial charge in [0.15, 0.2) is 0 Å². The molecular formula is C22H29N5O3. The predicted molar refractivity (Wildman–Crippen MR) is 115 cm³/mol. The fraction of sp³-hybridized carbons (Fsp3) is 0.500. The van der Waals surface area contributed by atoms with Gasteiger partial charge in [-0.15, -0.1) is 0 Å². The van der Waals surface area contributed by atoms with E-state index in [1.807, 2.05) is 32.0 Å². The number of aliphatic hydroxyl groups is 1. The van der Waals surface area contributed by atoms with Crippen LogP contribution in [0.4, 0.5) is 5.82 Å². The van der Waals surface area contributed by atoms with Crippen LogP contribution in [0.15, 0.2) is 29.7 Å². The summed E-state index contributed by atoms with van der Waals surface area (Å²) in [6.07, 6.45) is 5.51. The highest BCUT2D eigenvalue weighted by Gasteiger charge is 2.41. The molecule has 4 rings (SSSR count). The van der Waals surface area contributed by atoms with Crippen LogP contribution in [-0.4, -0.2) is 46.1 Å². The highest BCUT2D eigenvalue weighted by molar-refractivity contribution is 6.15. The van der Waals surface area contributed by atoms with Gasteiger partial charge in [-0.05, 0) is 57.7 Å². The lowest BCUT2D eigenvalue weighted by Gasteiger charge is -2.35. The lowest BCUT2D eigenvalue weighted by molar-refractivity contribution is 0.0975. The first kappa shape index (κ1) is 20.6. The second-order valence-electron chi connectivity index (χ2n) is 8.47. The van der Waals surface area contributed by atoms with Crippen molar-refractivity contribution in [1.82, 2.24) is 9.97 Å². The van der Waals surface area contributed by atoms with E-state index in [0.717, 1.165) is 53.8 Å². The van der Waals surface area contributed by atoms with Crippen LogP contribution in [0.3, 0.4) is 0 Å². The molecule has 1 fully saturated rings. The second-order valence-corrected chi connectivity index (χ2v) is 8.47. The molecule has 8 heteroatoms. The maximum atomic E-state index is 9.10. The number of fused-ring (bicyclic) bond motifs is 3. The number of hydrogen-bond donors (Lipinski definition) is 3. The largest absolute Gasteiger partial charge is 0.490 e. The van der Waals surface area contributed by atoms with E-state index in [0.29, 0.717) is 11.5 Å². The van der Waals surface area contributed by atoms with E-state index in [9.17, 15) is 0 Å². The molecule has 0 amide bonds. The van der Waals surface area contributed by atoms with Gasteiger partial charge in [0.2, 0.25) is 0 Å². The van der Waals surface area contributed by atoms with Gasteiger partial charge in [-0.25, -0.2) is 9.97 Å². The molecule has 0 radical (unpaired) electrons. The van der Waals surface area contributed by atoms with E-state index < -0.39 is 5.41 Å². The number of ether oxygens (including phenoxy) is 1. The second kappa shape index (κ2) is 8.20. The van der Waals surface area contributed by atoms with E-state index in [-0.39, 0.29) is 25.4 Å². The van der Waals surface area contributed by atoms with Gasteiger partial charge < -0.3 is 26.1 Å². The number of nitrogens with two attached hydrogens (primary N) is 2. The number of nitrogens with zero attached hydrogens (tertiary/aromatic N) is 3. The van der Waals surface area contributed by atoms with Crippen molar-refractivity contribution in [1.29, 1.82) is 0 Å². The number of aromatic nitrogens is 2. The summed E-state index contributed by atoms with van der Waals surface area (Å²) in [5, 5.41) is 13.5. The molecule has 0 bridgehead atoms. The summed E-state index contributed by atoms with van der Waals surface area (Å²) in [5.41, 5.74) is 15.8. The molecule has 0 atom stereocenters. The average Bonchev–Trinajstić information content (AvgIpc) is 2.72. The predicted octanol–water partition coefficient (Wildman–Crippen LogP) is 2.38. The maximum absolute atomic E-state index is 9.10. The lowest BCUT2D eigenvalue weighted by atomic mass is 9.70. The van der Waals surface area contributed by atoms with Crippen molar-refractivity contribution in [2.45, 2.75) is 57.1 Å². The molecule has 2 aliphatic carbocycles. The van der Waals surface area contributed by atoms with E-state index >= 15 is 0 Å². The van der Waals surface area contributed by atoms with Crippen molar-refractivity contribution in [3.8, 4) is 17.0 Å². The van der Waals surface area contributed by atoms with Gasteiger partial charge in [0.05, 0.1) is 24.1 Å². The fourth-order valence-corrected chi connectivity index (χ4v) is 4.39. The average molecular weight is 412 g/mol. The Hall–Kier alpha value is -2.71. The summed E-state index contributed by atoms with van der Waals surface area (Å²) < 4.78 is 6.27. The van der Waals surface area contributed by atoms with E-state index in [4.69, 9.17) is 26.1 Å². The number of oxime groups is 1. The smallest absolute Gasteiger partial charge is 0.140 e. The molecule has 2 aliphatic rings. The molecule has 1 heterocycles. The van der Waals surface area contributed by atoms with Gasteiger partial charge in [-0.3, -0.25) is 0 Å². The van der Waals surface area contributed by atoms with Crippen LogP contribution in [0.2, 0.25) is 0 Å². The molecule has 0 saturated heterocycles. The molecule has 160 valence electrons. The van der Waals surface area contributed by atoms with Crippen LogP contribution < -0.4 is 16.2 Å². The van der Waals surface area contributed by atoms with Gasteiger partial charge in [0.1, 0.15) is 24.5 Å². The highest BCUT2D eigenvalue weighted by atomic mass is 16.6. The molecule has 0 unspecified atom stereocenters. The van der Waals surface area contributed by atoms with Crippen LogP contribution >= 0.6 is 0 Å². The molecule has 1 aromatic carbocycles. The maximum Gasteiger partial charge on any atom is 0.140 e. The summed E-state index contributed by atoms with van der Waals surface area (Å²) in [7, 11) is 0. The molecule has 0 aliphatic heterocycles. The Kier molecular flexibility index (Phi) is 5.62. The summed E-state index contributed by atoms with van der Waals surface area (Å²) in [5.74, 6) is 1.20. The standard InChI is InChI=1S/C22H29N5O3/c1-22(2)18-19(25-12-26-21(18)24)16-8-7-15(30-14-5-3-13(23)4-6-14)11-17(16)20(22)27-29-10-9-28/h7-8,11-14,28H,3-6,9-10,23H2,1-2H3,(H2,24,25,26)/b27-20+. The summed E-state index contributed by atoms with van der Waals surface area (Å²) in [4.78, 5) is 14.1. The van der Waals surface area contributed by atoms with E-state index in [1.165, 1.54) is 6.33 Å². The summed E-state index contributed by atoms with van der Waals surface area (Å²) in [6, 6.07) is 6.22. The Labute approximate surface area is 176 Å². The van der Waals surface area contributed by atoms with Crippen molar-refractivity contribution in [3.05, 3.63) is 35.7 Å². The van der Waals surface area contributed by atoms with Crippen LogP contribution in [0.5, 0.6) is 5.75 Å². The Balaban J connectivity index is 1.76. The van der Waals surface area contributed by atoms with Crippen molar-refractivity contribution in [2.75, 3.05) is 18.9 Å². The fourth-order valence-electron chi connectivity index (χ4n) is 4.39. The Morgan fingerprint density at radius 1 is 1.17 bits per heavy atom. The van der Waals surface area contributed by atoms with Crippen LogP contribution in [-0.2, 0) is 10.3 Å². The number of anilines is 1. The summed E-state index contributed by atoms with van der Waals surface area (Å²) in [6.45, 7) is 4.04. The SMILES string of the molecule is CC1(C)/C(=N/OCCO)c2cc(OC3CCC(N)CC3)ccc2-c2ncnc(N)c21. The third-order valence-electron chi connectivity index (χ3n) is 5.95. The van der Waals surface area contributed by atoms with Crippen LogP contribution in [0.1, 0.15) is 50.7 Å². The molecule has 2 aromatic rings. The molecule has 1 aromatic heterocycles. The number of benzene rings is 1. The zero-order valence-electron chi connectivity index (χ0n) is 17.5. The topological polar surface area (TPSA) is 129 Å². The van der Waals surface area contributed by atoms with Gasteiger partial charge in [-0.2, -0.15) is 0 Å². The zero-order valence-corrected chi connectivity index (χ0v) is 17.5. The van der Waals surface area contributed by atoms with Crippen LogP contribution in [0, 0.1) is 0 Å². The first-order valence-corrected chi connectivity index (χ1v) is 10.4. The van der Waals surface area contributed by atoms with Gasteiger partial charge >= 0.3 is 0 Å². The molecule has 5 N–H and O–H groups in total. The first-order chi connectivity index (χ1) is 14.4. The zero-order chi connectivity index (χ0) is 21.3. The molecule has 0 spiro atoms. The quantitative estimate of drug-likeness (QED) is 0.509. The third kappa shape index (κ3) is 3.73. The lowest BCUT2D eigenvalue weighted by Crippen LogP contribution is -2.36. The molecular weight excluding hydrogens is 382 g/mol. The number of aliphatic hydroxyl groups excluding tert-OH is 1. The van der Waals surface area contributed by atoms with Crippen molar-refractivity contribution in [3.63, 3.8) is 0 Å². The normalized spacial score (nSPS) is 23.5. The van der Waals surface area contributed by atoms with Crippen molar-refractivity contribution >= 4 is 11.5 Å². The van der Waals surface area contributed by atoms with Gasteiger partial charge in [0.25, 0.3) is 0 Å². The Morgan fingerprint density at radius 2 is 1.93 bits per heavy atom. The minimum Gasteiger partial charge on any atom is -0.490 e. The van der Waals surface area contributed by atoms with E-state index in [1.54, 1.807) is 0 Å². The number of rotatable bonds is 5. The third-order valence-corrected chi connectivity index (χ3v) is 5.95. The van der Waals surface area contributed by atoms with Gasteiger partial charge in [0, 0.05) is 28.1 Å². The highest BCUT2D eigenvalue weighted by Crippen LogP contribution is 2.45. The van der Waals surface area contributed by atoms with E-state index in [2.05, 4.69) is 15.1 Å². The van der Waals surface area contributed by atoms with Crippen molar-refractivity contribution < 1.29 is 14.7 Å². The molecule has 8 nitrogen and oxygen atoms in total. The Morgan fingerprint density at radius 3 is 2.67 bits per heavy atom. The molecule has 1 saturated carbocycles. The van der Waals surface area contributed by atoms with Crippen LogP contribution in [0.25, 0.3) is 11.3 Å². The van der Waals surface area contributed by atoms with Crippen molar-refractivity contribution in [2.24, 2.45) is 10.9 Å². The van der Waals surface area contributed by atoms with Gasteiger partial charge in [-0.1, -0.05) is 5.16 Å². The minimum absolute atomic E-state index is 0.112. The first-order valence-electron chi connectivity index (χ1n) is 10.4. The minimum atomic E-state index is -0.584. The summed E-state index contributed by atoms with van der Waals surface area (Å²) >= 11 is 0. The Bertz CT molecular complexity index is 952. The monoisotopic (exact) mass is 411 g/mol. The number of nitrogen functional groups attached to an aromatic ring is 1. The number of hydrogen-bond acceptors (Lipinski definition) is 8. The molecule has 30 heavy (non-hydrogen) atoms.